The van der Waals surface area contributed by atoms with E-state index in [1.807, 2.05) is 30.3 Å². The van der Waals surface area contributed by atoms with Gasteiger partial charge in [0.15, 0.2) is 5.78 Å². The Balaban J connectivity index is 1.61. The maximum Gasteiger partial charge on any atom is 0.413 e. The van der Waals surface area contributed by atoms with Crippen molar-refractivity contribution in [3.05, 3.63) is 59.3 Å². The molecule has 1 N–H and O–H groups in total. The van der Waals surface area contributed by atoms with E-state index in [4.69, 9.17) is 4.74 Å². The van der Waals surface area contributed by atoms with E-state index in [0.29, 0.717) is 17.8 Å². The van der Waals surface area contributed by atoms with E-state index in [0.717, 1.165) is 24.1 Å². The molecule has 0 unspecified atom stereocenters. The van der Waals surface area contributed by atoms with Crippen molar-refractivity contribution in [1.82, 2.24) is 4.98 Å². The SMILES string of the molecule is O=C(Nc1ccc2c(n1)CCCC2=O)OCc1ccccc1. The lowest BCUT2D eigenvalue weighted by molar-refractivity contribution is 0.0971. The fraction of sp³-hybridized carbons (Fsp3) is 0.235. The van der Waals surface area contributed by atoms with Crippen LogP contribution in [-0.4, -0.2) is 16.9 Å². The van der Waals surface area contributed by atoms with Gasteiger partial charge in [-0.1, -0.05) is 30.3 Å². The quantitative estimate of drug-likeness (QED) is 0.943. The molecule has 0 fully saturated rings. The number of fused-ring (bicyclic) bond motifs is 1. The molecule has 1 heterocycles. The maximum atomic E-state index is 11.8. The fourth-order valence-corrected chi connectivity index (χ4v) is 2.43. The van der Waals surface area contributed by atoms with Crippen molar-refractivity contribution in [2.45, 2.75) is 25.9 Å². The zero-order chi connectivity index (χ0) is 15.4. The molecule has 1 amide bonds. The van der Waals surface area contributed by atoms with Crippen molar-refractivity contribution in [1.29, 1.82) is 0 Å². The number of benzene rings is 1. The molecular weight excluding hydrogens is 280 g/mol. The molecule has 5 heteroatoms. The monoisotopic (exact) mass is 296 g/mol. The summed E-state index contributed by atoms with van der Waals surface area (Å²) in [7, 11) is 0. The average molecular weight is 296 g/mol. The van der Waals surface area contributed by atoms with E-state index in [1.165, 1.54) is 0 Å². The molecule has 3 rings (SSSR count). The largest absolute Gasteiger partial charge is 0.444 e. The number of aryl methyl sites for hydroxylation is 1. The van der Waals surface area contributed by atoms with E-state index in [-0.39, 0.29) is 12.4 Å². The third kappa shape index (κ3) is 3.31. The number of carbonyl (C=O) groups is 2. The molecule has 0 saturated carbocycles. The Kier molecular flexibility index (Phi) is 4.14. The molecule has 1 aromatic carbocycles. The van der Waals surface area contributed by atoms with E-state index < -0.39 is 6.09 Å². The van der Waals surface area contributed by atoms with Gasteiger partial charge in [0.25, 0.3) is 0 Å². The summed E-state index contributed by atoms with van der Waals surface area (Å²) in [6.07, 6.45) is 1.58. The number of anilines is 1. The summed E-state index contributed by atoms with van der Waals surface area (Å²) in [4.78, 5) is 27.8. The Morgan fingerprint density at radius 1 is 1.14 bits per heavy atom. The summed E-state index contributed by atoms with van der Waals surface area (Å²) in [6, 6.07) is 12.8. The zero-order valence-corrected chi connectivity index (χ0v) is 12.0. The van der Waals surface area contributed by atoms with Gasteiger partial charge in [0.2, 0.25) is 0 Å². The second-order valence-electron chi connectivity index (χ2n) is 5.15. The summed E-state index contributed by atoms with van der Waals surface area (Å²) >= 11 is 0. The van der Waals surface area contributed by atoms with Crippen molar-refractivity contribution in [2.75, 3.05) is 5.32 Å². The number of ketones is 1. The standard InChI is InChI=1S/C17H16N2O3/c20-15-8-4-7-14-13(15)9-10-16(18-14)19-17(21)22-11-12-5-2-1-3-6-12/h1-3,5-6,9-10H,4,7-8,11H2,(H,18,19,21). The van der Waals surface area contributed by atoms with E-state index in [9.17, 15) is 9.59 Å². The molecule has 0 atom stereocenters. The lowest BCUT2D eigenvalue weighted by Gasteiger charge is -2.14. The van der Waals surface area contributed by atoms with Crippen molar-refractivity contribution in [3.63, 3.8) is 0 Å². The number of rotatable bonds is 3. The second-order valence-corrected chi connectivity index (χ2v) is 5.15. The maximum absolute atomic E-state index is 11.8. The third-order valence-electron chi connectivity index (χ3n) is 3.53. The van der Waals surface area contributed by atoms with Gasteiger partial charge in [-0.3, -0.25) is 10.1 Å². The number of hydrogen-bond donors (Lipinski definition) is 1. The molecule has 0 bridgehead atoms. The Morgan fingerprint density at radius 3 is 2.77 bits per heavy atom. The fourth-order valence-electron chi connectivity index (χ4n) is 2.43. The van der Waals surface area contributed by atoms with E-state index in [1.54, 1.807) is 12.1 Å². The van der Waals surface area contributed by atoms with Crippen LogP contribution in [0, 0.1) is 0 Å². The minimum absolute atomic E-state index is 0.118. The number of Topliss-reactive ketones (excluding diaryl/α,β-unsaturated/α-hetero) is 1. The zero-order valence-electron chi connectivity index (χ0n) is 12.0. The molecular formula is C17H16N2O3. The van der Waals surface area contributed by atoms with Gasteiger partial charge in [-0.05, 0) is 30.5 Å². The van der Waals surface area contributed by atoms with Gasteiger partial charge in [-0.15, -0.1) is 0 Å². The van der Waals surface area contributed by atoms with Crippen molar-refractivity contribution >= 4 is 17.7 Å². The number of nitrogens with zero attached hydrogens (tertiary/aromatic N) is 1. The lowest BCUT2D eigenvalue weighted by Crippen LogP contribution is -2.17. The molecule has 0 aliphatic heterocycles. The number of aromatic nitrogens is 1. The molecule has 2 aromatic rings. The minimum Gasteiger partial charge on any atom is -0.444 e. The minimum atomic E-state index is -0.557. The Bertz CT molecular complexity index is 698. The van der Waals surface area contributed by atoms with Gasteiger partial charge in [0.05, 0.1) is 5.69 Å². The smallest absolute Gasteiger partial charge is 0.413 e. The molecule has 5 nitrogen and oxygen atoms in total. The summed E-state index contributed by atoms with van der Waals surface area (Å²) in [6.45, 7) is 0.204. The molecule has 1 aliphatic carbocycles. The van der Waals surface area contributed by atoms with Crippen LogP contribution in [0.25, 0.3) is 0 Å². The van der Waals surface area contributed by atoms with Crippen LogP contribution in [0.1, 0.15) is 34.5 Å². The van der Waals surface area contributed by atoms with Crippen LogP contribution in [0.4, 0.5) is 10.6 Å². The number of pyridine rings is 1. The van der Waals surface area contributed by atoms with Crippen LogP contribution >= 0.6 is 0 Å². The van der Waals surface area contributed by atoms with Crippen LogP contribution < -0.4 is 5.32 Å². The molecule has 1 aliphatic rings. The highest BCUT2D eigenvalue weighted by molar-refractivity contribution is 5.98. The highest BCUT2D eigenvalue weighted by atomic mass is 16.5. The Hall–Kier alpha value is -2.69. The number of amides is 1. The average Bonchev–Trinajstić information content (AvgIpc) is 2.54. The summed E-state index contributed by atoms with van der Waals surface area (Å²) in [5, 5.41) is 2.59. The normalized spacial score (nSPS) is 13.4. The topological polar surface area (TPSA) is 68.3 Å². The van der Waals surface area contributed by atoms with E-state index >= 15 is 0 Å². The molecule has 1 aromatic heterocycles. The van der Waals surface area contributed by atoms with Gasteiger partial charge in [-0.2, -0.15) is 0 Å². The Morgan fingerprint density at radius 2 is 1.95 bits per heavy atom. The predicted octanol–water partition coefficient (Wildman–Crippen LogP) is 3.35. The number of hydrogen-bond acceptors (Lipinski definition) is 4. The van der Waals surface area contributed by atoms with E-state index in [2.05, 4.69) is 10.3 Å². The van der Waals surface area contributed by atoms with Gasteiger partial charge in [0.1, 0.15) is 12.4 Å². The van der Waals surface area contributed by atoms with Gasteiger partial charge in [0, 0.05) is 12.0 Å². The number of nitrogens with one attached hydrogen (secondary N) is 1. The van der Waals surface area contributed by atoms with Crippen LogP contribution in [-0.2, 0) is 17.8 Å². The second kappa shape index (κ2) is 6.39. The van der Waals surface area contributed by atoms with Crippen LogP contribution in [0.2, 0.25) is 0 Å². The third-order valence-corrected chi connectivity index (χ3v) is 3.53. The van der Waals surface area contributed by atoms with Gasteiger partial charge in [-0.25, -0.2) is 9.78 Å². The first-order valence-electron chi connectivity index (χ1n) is 7.23. The lowest BCUT2D eigenvalue weighted by atomic mass is 9.95. The first-order valence-corrected chi connectivity index (χ1v) is 7.23. The summed E-state index contributed by atoms with van der Waals surface area (Å²) < 4.78 is 5.14. The number of carbonyl (C=O) groups excluding carboxylic acids is 2. The molecule has 112 valence electrons. The molecule has 0 saturated heterocycles. The van der Waals surface area contributed by atoms with Crippen molar-refractivity contribution in [3.8, 4) is 0 Å². The molecule has 0 spiro atoms. The molecule has 0 radical (unpaired) electrons. The van der Waals surface area contributed by atoms with Crippen LogP contribution in [0.3, 0.4) is 0 Å². The predicted molar refractivity (Wildman–Crippen MR) is 81.8 cm³/mol. The van der Waals surface area contributed by atoms with Crippen LogP contribution in [0.5, 0.6) is 0 Å². The molecule has 22 heavy (non-hydrogen) atoms. The Labute approximate surface area is 128 Å². The highest BCUT2D eigenvalue weighted by Gasteiger charge is 2.18. The van der Waals surface area contributed by atoms with Crippen molar-refractivity contribution in [2.24, 2.45) is 0 Å². The van der Waals surface area contributed by atoms with Crippen molar-refractivity contribution < 1.29 is 14.3 Å². The van der Waals surface area contributed by atoms with Gasteiger partial charge < -0.3 is 4.74 Å². The first-order chi connectivity index (χ1) is 10.7. The highest BCUT2D eigenvalue weighted by Crippen LogP contribution is 2.21. The van der Waals surface area contributed by atoms with Crippen LogP contribution in [0.15, 0.2) is 42.5 Å². The summed E-state index contributed by atoms with van der Waals surface area (Å²) in [5.41, 5.74) is 2.33. The summed E-state index contributed by atoms with van der Waals surface area (Å²) in [5.74, 6) is 0.526. The first kappa shape index (κ1) is 14.3. The van der Waals surface area contributed by atoms with Gasteiger partial charge >= 0.3 is 6.09 Å². The number of ether oxygens (including phenoxy) is 1.